The van der Waals surface area contributed by atoms with Crippen LogP contribution in [0.3, 0.4) is 0 Å². The van der Waals surface area contributed by atoms with Gasteiger partial charge in [0.15, 0.2) is 0 Å². The van der Waals surface area contributed by atoms with E-state index in [4.69, 9.17) is 10.5 Å². The number of nitrogens with one attached hydrogen (secondary N) is 2. The number of unbranched alkanes of at least 4 members (excludes halogenated alkanes) is 1. The topological polar surface area (TPSA) is 130 Å². The molecule has 3 amide bonds. The second-order valence-electron chi connectivity index (χ2n) is 8.08. The van der Waals surface area contributed by atoms with Gasteiger partial charge in [-0.1, -0.05) is 0 Å². The van der Waals surface area contributed by atoms with E-state index in [9.17, 15) is 23.5 Å². The van der Waals surface area contributed by atoms with Crippen molar-refractivity contribution in [1.82, 2.24) is 14.6 Å². The Bertz CT molecular complexity index is 1010. The maximum atomic E-state index is 14.0. The number of rotatable bonds is 11. The smallest absolute Gasteiger partial charge is 0.319 e. The lowest BCUT2D eigenvalue weighted by Crippen LogP contribution is -2.34. The van der Waals surface area contributed by atoms with Crippen LogP contribution in [0.5, 0.6) is 5.88 Å². The molecule has 12 heteroatoms. The van der Waals surface area contributed by atoms with Crippen LogP contribution in [0.25, 0.3) is 0 Å². The highest BCUT2D eigenvalue weighted by atomic mass is 32.1. The van der Waals surface area contributed by atoms with E-state index in [2.05, 4.69) is 19.9 Å². The maximum absolute atomic E-state index is 14.0. The van der Waals surface area contributed by atoms with Gasteiger partial charge in [0, 0.05) is 18.2 Å². The zero-order chi connectivity index (χ0) is 24.7. The number of aromatic nitrogens is 1. The molecule has 0 bridgehead atoms. The minimum absolute atomic E-state index is 0.0464. The second kappa shape index (κ2) is 12.0. The zero-order valence-electron chi connectivity index (χ0n) is 18.9. The molecule has 34 heavy (non-hydrogen) atoms. The van der Waals surface area contributed by atoms with Gasteiger partial charge in [0.05, 0.1) is 6.61 Å². The van der Waals surface area contributed by atoms with Gasteiger partial charge in [-0.05, 0) is 75.4 Å². The first-order chi connectivity index (χ1) is 16.3. The number of aliphatic hydroxyl groups is 1. The molecule has 0 spiro atoms. The first-order valence-electron chi connectivity index (χ1n) is 11.1. The number of primary amides is 1. The number of hydrogen-bond acceptors (Lipinski definition) is 7. The Morgan fingerprint density at radius 3 is 2.91 bits per heavy atom. The number of likely N-dealkylation sites (tertiary alicyclic amines) is 1. The van der Waals surface area contributed by atoms with E-state index in [0.29, 0.717) is 6.54 Å². The number of ether oxygens (including phenoxy) is 1. The minimum Gasteiger partial charge on any atom is -0.468 e. The second-order valence-corrected chi connectivity index (χ2v) is 8.86. The molecule has 1 aromatic heterocycles. The van der Waals surface area contributed by atoms with E-state index < -0.39 is 29.7 Å². The average Bonchev–Trinajstić information content (AvgIpc) is 3.41. The van der Waals surface area contributed by atoms with E-state index in [1.54, 1.807) is 0 Å². The first kappa shape index (κ1) is 25.8. The number of aliphatic hydroxyl groups excluding tert-OH is 1. The molecule has 1 fully saturated rings. The van der Waals surface area contributed by atoms with E-state index in [1.807, 2.05) is 0 Å². The van der Waals surface area contributed by atoms with Crippen molar-refractivity contribution < 1.29 is 28.2 Å². The number of nitrogens with two attached hydrogens (primary N) is 1. The fourth-order valence-electron chi connectivity index (χ4n) is 3.90. The number of anilines is 1. The van der Waals surface area contributed by atoms with Gasteiger partial charge in [-0.3, -0.25) is 15.0 Å². The highest BCUT2D eigenvalue weighted by Gasteiger charge is 2.25. The van der Waals surface area contributed by atoms with Crippen molar-refractivity contribution in [3.63, 3.8) is 0 Å². The van der Waals surface area contributed by atoms with Crippen LogP contribution in [-0.4, -0.2) is 58.6 Å². The van der Waals surface area contributed by atoms with Crippen molar-refractivity contribution in [2.75, 3.05) is 31.6 Å². The van der Waals surface area contributed by atoms with Crippen molar-refractivity contribution in [3.8, 4) is 5.88 Å². The molecule has 2 aromatic rings. The number of urea groups is 1. The van der Waals surface area contributed by atoms with Crippen molar-refractivity contribution in [2.45, 2.75) is 44.8 Å². The molecule has 2 unspecified atom stereocenters. The summed E-state index contributed by atoms with van der Waals surface area (Å²) in [5.74, 6) is -2.35. The number of hydrogen-bond donors (Lipinski definition) is 4. The van der Waals surface area contributed by atoms with Gasteiger partial charge in [0.25, 0.3) is 5.91 Å². The maximum Gasteiger partial charge on any atom is 0.319 e. The fourth-order valence-corrected chi connectivity index (χ4v) is 4.63. The standard InChI is InChI=1S/C22H29F2N5O4S/c1-13(16-11-14(23)6-7-17(16)24)33-20-18(19(25)31)21(34-28-20)27-22(32)26-8-2-3-9-29-10-4-5-15(29)12-30/h6-7,11,13,15,30H,2-5,8-10,12H2,1H3,(H2,25,31)(H2,26,27,32). The Morgan fingerprint density at radius 2 is 2.18 bits per heavy atom. The van der Waals surface area contributed by atoms with Crippen LogP contribution >= 0.6 is 11.5 Å². The quantitative estimate of drug-likeness (QED) is 0.353. The molecular formula is C22H29F2N5O4S. The predicted molar refractivity (Wildman–Crippen MR) is 124 cm³/mol. The third-order valence-corrected chi connectivity index (χ3v) is 6.43. The molecule has 0 aliphatic carbocycles. The predicted octanol–water partition coefficient (Wildman–Crippen LogP) is 3.02. The minimum atomic E-state index is -0.960. The van der Waals surface area contributed by atoms with Gasteiger partial charge in [-0.2, -0.15) is 4.37 Å². The lowest BCUT2D eigenvalue weighted by molar-refractivity contribution is 0.0994. The molecule has 1 aromatic carbocycles. The third kappa shape index (κ3) is 6.61. The molecule has 1 aliphatic rings. The molecule has 0 radical (unpaired) electrons. The van der Waals surface area contributed by atoms with Crippen LogP contribution in [0.4, 0.5) is 18.6 Å². The average molecular weight is 498 g/mol. The van der Waals surface area contributed by atoms with Crippen LogP contribution in [0.1, 0.15) is 54.6 Å². The van der Waals surface area contributed by atoms with Crippen molar-refractivity contribution >= 4 is 28.5 Å². The number of halogens is 2. The van der Waals surface area contributed by atoms with Gasteiger partial charge in [-0.25, -0.2) is 13.6 Å². The number of carbonyl (C=O) groups excluding carboxylic acids is 2. The summed E-state index contributed by atoms with van der Waals surface area (Å²) in [7, 11) is 0. The molecule has 1 aliphatic heterocycles. The van der Waals surface area contributed by atoms with Crippen LogP contribution < -0.4 is 21.1 Å². The lowest BCUT2D eigenvalue weighted by Gasteiger charge is -2.22. The van der Waals surface area contributed by atoms with Crippen LogP contribution in [0, 0.1) is 11.6 Å². The molecule has 5 N–H and O–H groups in total. The molecule has 2 heterocycles. The van der Waals surface area contributed by atoms with Crippen molar-refractivity contribution in [3.05, 3.63) is 41.0 Å². The molecule has 186 valence electrons. The zero-order valence-corrected chi connectivity index (χ0v) is 19.7. The fraction of sp³-hybridized carbons (Fsp3) is 0.500. The van der Waals surface area contributed by atoms with Crippen molar-refractivity contribution in [1.29, 1.82) is 0 Å². The summed E-state index contributed by atoms with van der Waals surface area (Å²) in [4.78, 5) is 26.5. The van der Waals surface area contributed by atoms with Gasteiger partial charge < -0.3 is 20.9 Å². The Morgan fingerprint density at radius 1 is 1.38 bits per heavy atom. The summed E-state index contributed by atoms with van der Waals surface area (Å²) >= 11 is 0.795. The number of benzene rings is 1. The lowest BCUT2D eigenvalue weighted by atomic mass is 10.1. The Kier molecular flexibility index (Phi) is 9.13. The molecule has 9 nitrogen and oxygen atoms in total. The van der Waals surface area contributed by atoms with E-state index in [0.717, 1.165) is 68.5 Å². The van der Waals surface area contributed by atoms with E-state index >= 15 is 0 Å². The molecular weight excluding hydrogens is 468 g/mol. The molecule has 3 rings (SSSR count). The highest BCUT2D eigenvalue weighted by Crippen LogP contribution is 2.33. The molecule has 2 atom stereocenters. The summed E-state index contributed by atoms with van der Waals surface area (Å²) in [6.45, 7) is 3.91. The highest BCUT2D eigenvalue weighted by molar-refractivity contribution is 7.11. The van der Waals surface area contributed by atoms with Crippen LogP contribution in [0.2, 0.25) is 0 Å². The van der Waals surface area contributed by atoms with Gasteiger partial charge in [-0.15, -0.1) is 0 Å². The molecule has 1 saturated heterocycles. The Balaban J connectivity index is 1.52. The van der Waals surface area contributed by atoms with Gasteiger partial charge in [0.2, 0.25) is 5.88 Å². The van der Waals surface area contributed by atoms with Gasteiger partial charge in [0.1, 0.15) is 28.3 Å². The van der Waals surface area contributed by atoms with Gasteiger partial charge >= 0.3 is 6.03 Å². The Hall–Kier alpha value is -2.83. The number of carbonyl (C=O) groups is 2. The largest absolute Gasteiger partial charge is 0.468 e. The number of amides is 3. The summed E-state index contributed by atoms with van der Waals surface area (Å²) in [6.07, 6.45) is 2.76. The number of nitrogens with zero attached hydrogens (tertiary/aromatic N) is 2. The van der Waals surface area contributed by atoms with Crippen LogP contribution in [-0.2, 0) is 0 Å². The summed E-state index contributed by atoms with van der Waals surface area (Å²) in [6, 6.07) is 2.66. The van der Waals surface area contributed by atoms with Crippen LogP contribution in [0.15, 0.2) is 18.2 Å². The van der Waals surface area contributed by atoms with Crippen molar-refractivity contribution in [2.24, 2.45) is 5.73 Å². The SMILES string of the molecule is CC(Oc1nsc(NC(=O)NCCCCN2CCCC2CO)c1C(N)=O)c1cc(F)ccc1F. The first-order valence-corrected chi connectivity index (χ1v) is 11.9. The third-order valence-electron chi connectivity index (χ3n) is 5.69. The Labute approximate surface area is 200 Å². The summed E-state index contributed by atoms with van der Waals surface area (Å²) in [5, 5.41) is 14.7. The van der Waals surface area contributed by atoms with E-state index in [-0.39, 0.29) is 34.7 Å². The van der Waals surface area contributed by atoms with E-state index in [1.165, 1.54) is 6.92 Å². The summed E-state index contributed by atoms with van der Waals surface area (Å²) in [5.41, 5.74) is 5.25. The normalized spacial score (nSPS) is 16.9. The monoisotopic (exact) mass is 497 g/mol. The summed E-state index contributed by atoms with van der Waals surface area (Å²) < 4.78 is 37.1. The molecule has 0 saturated carbocycles.